The summed E-state index contributed by atoms with van der Waals surface area (Å²) in [5, 5.41) is 13.2. The molecule has 2 unspecified atom stereocenters. The van der Waals surface area contributed by atoms with Gasteiger partial charge in [0.15, 0.2) is 0 Å². The van der Waals surface area contributed by atoms with Crippen molar-refractivity contribution in [2.24, 2.45) is 5.92 Å². The standard InChI is InChI=1S/C16H27N3O/c1-4-17-12(2)15-6-5-9-18-16(15)19-10-7-14(8-11-19)13(3)20/h5-6,9,12-14,17,20H,4,7-8,10-11H2,1-3H3. The van der Waals surface area contributed by atoms with Crippen LogP contribution in [0.1, 0.15) is 45.2 Å². The quantitative estimate of drug-likeness (QED) is 0.867. The maximum atomic E-state index is 9.70. The second-order valence-corrected chi connectivity index (χ2v) is 5.76. The van der Waals surface area contributed by atoms with Crippen LogP contribution in [0.15, 0.2) is 18.3 Å². The van der Waals surface area contributed by atoms with Gasteiger partial charge in [0.25, 0.3) is 0 Å². The van der Waals surface area contributed by atoms with Crippen molar-refractivity contribution in [3.8, 4) is 0 Å². The number of pyridine rings is 1. The van der Waals surface area contributed by atoms with E-state index in [1.807, 2.05) is 19.2 Å². The summed E-state index contributed by atoms with van der Waals surface area (Å²) in [4.78, 5) is 6.96. The van der Waals surface area contributed by atoms with E-state index in [4.69, 9.17) is 0 Å². The number of hydrogen-bond donors (Lipinski definition) is 2. The third-order valence-electron chi connectivity index (χ3n) is 4.32. The van der Waals surface area contributed by atoms with Crippen LogP contribution in [0.25, 0.3) is 0 Å². The fraction of sp³-hybridized carbons (Fsp3) is 0.688. The summed E-state index contributed by atoms with van der Waals surface area (Å²) in [6.07, 6.45) is 3.77. The molecule has 2 N–H and O–H groups in total. The summed E-state index contributed by atoms with van der Waals surface area (Å²) in [5.74, 6) is 1.54. The molecule has 0 aromatic carbocycles. The van der Waals surface area contributed by atoms with Gasteiger partial charge in [0.2, 0.25) is 0 Å². The van der Waals surface area contributed by atoms with Crippen molar-refractivity contribution in [3.05, 3.63) is 23.9 Å². The average molecular weight is 277 g/mol. The van der Waals surface area contributed by atoms with E-state index in [9.17, 15) is 5.11 Å². The highest BCUT2D eigenvalue weighted by molar-refractivity contribution is 5.48. The number of anilines is 1. The zero-order valence-corrected chi connectivity index (χ0v) is 12.8. The highest BCUT2D eigenvalue weighted by Crippen LogP contribution is 2.28. The van der Waals surface area contributed by atoms with Crippen molar-refractivity contribution in [2.45, 2.75) is 45.8 Å². The van der Waals surface area contributed by atoms with Crippen molar-refractivity contribution in [1.82, 2.24) is 10.3 Å². The molecule has 1 aromatic heterocycles. The molecule has 1 aliphatic rings. The van der Waals surface area contributed by atoms with Gasteiger partial charge < -0.3 is 15.3 Å². The van der Waals surface area contributed by atoms with Gasteiger partial charge >= 0.3 is 0 Å². The van der Waals surface area contributed by atoms with Crippen molar-refractivity contribution >= 4 is 5.82 Å². The Hall–Kier alpha value is -1.13. The molecule has 0 spiro atoms. The lowest BCUT2D eigenvalue weighted by molar-refractivity contribution is 0.109. The van der Waals surface area contributed by atoms with Crippen molar-refractivity contribution < 1.29 is 5.11 Å². The van der Waals surface area contributed by atoms with Gasteiger partial charge in [-0.15, -0.1) is 0 Å². The molecule has 2 atom stereocenters. The Balaban J connectivity index is 2.10. The van der Waals surface area contributed by atoms with E-state index in [0.29, 0.717) is 12.0 Å². The van der Waals surface area contributed by atoms with Crippen LogP contribution < -0.4 is 10.2 Å². The molecule has 1 aliphatic heterocycles. The molecule has 0 radical (unpaired) electrons. The highest BCUT2D eigenvalue weighted by Gasteiger charge is 2.25. The van der Waals surface area contributed by atoms with Gasteiger partial charge in [-0.25, -0.2) is 4.98 Å². The molecule has 4 heteroatoms. The van der Waals surface area contributed by atoms with Gasteiger partial charge in [0.05, 0.1) is 6.10 Å². The lowest BCUT2D eigenvalue weighted by Gasteiger charge is -2.35. The first kappa shape index (κ1) is 15.3. The van der Waals surface area contributed by atoms with E-state index in [0.717, 1.165) is 38.3 Å². The van der Waals surface area contributed by atoms with Crippen LogP contribution in [0.2, 0.25) is 0 Å². The van der Waals surface area contributed by atoms with E-state index < -0.39 is 0 Å². The van der Waals surface area contributed by atoms with Gasteiger partial charge in [0.1, 0.15) is 5.82 Å². The summed E-state index contributed by atoms with van der Waals surface area (Å²) in [6, 6.07) is 4.49. The monoisotopic (exact) mass is 277 g/mol. The topological polar surface area (TPSA) is 48.4 Å². The van der Waals surface area contributed by atoms with Crippen molar-refractivity contribution in [1.29, 1.82) is 0 Å². The van der Waals surface area contributed by atoms with Crippen LogP contribution in [0.4, 0.5) is 5.82 Å². The number of aliphatic hydroxyl groups is 1. The smallest absolute Gasteiger partial charge is 0.133 e. The molecule has 0 saturated carbocycles. The fourth-order valence-corrected chi connectivity index (χ4v) is 3.02. The Bertz CT molecular complexity index is 414. The Kier molecular flexibility index (Phi) is 5.38. The summed E-state index contributed by atoms with van der Waals surface area (Å²) in [7, 11) is 0. The van der Waals surface area contributed by atoms with Crippen LogP contribution >= 0.6 is 0 Å². The number of nitrogens with one attached hydrogen (secondary N) is 1. The average Bonchev–Trinajstić information content (AvgIpc) is 2.47. The van der Waals surface area contributed by atoms with Crippen LogP contribution in [-0.4, -0.2) is 35.8 Å². The van der Waals surface area contributed by atoms with Gasteiger partial charge in [0, 0.05) is 30.9 Å². The maximum absolute atomic E-state index is 9.70. The summed E-state index contributed by atoms with van der Waals surface area (Å²) in [6.45, 7) is 9.14. The first-order valence-electron chi connectivity index (χ1n) is 7.74. The molecule has 20 heavy (non-hydrogen) atoms. The number of piperidine rings is 1. The fourth-order valence-electron chi connectivity index (χ4n) is 3.02. The van der Waals surface area contributed by atoms with E-state index in [1.165, 1.54) is 5.56 Å². The summed E-state index contributed by atoms with van der Waals surface area (Å²) >= 11 is 0. The number of aliphatic hydroxyl groups excluding tert-OH is 1. The Morgan fingerprint density at radius 2 is 2.10 bits per heavy atom. The zero-order chi connectivity index (χ0) is 14.5. The van der Waals surface area contributed by atoms with E-state index in [-0.39, 0.29) is 6.10 Å². The predicted octanol–water partition coefficient (Wildman–Crippen LogP) is 2.35. The second kappa shape index (κ2) is 7.04. The molecule has 2 rings (SSSR count). The lowest BCUT2D eigenvalue weighted by atomic mass is 9.92. The maximum Gasteiger partial charge on any atom is 0.133 e. The molecule has 0 bridgehead atoms. The summed E-state index contributed by atoms with van der Waals surface area (Å²) < 4.78 is 0. The second-order valence-electron chi connectivity index (χ2n) is 5.76. The molecule has 2 heterocycles. The SMILES string of the molecule is CCNC(C)c1cccnc1N1CCC(C(C)O)CC1. The van der Waals surface area contributed by atoms with Crippen molar-refractivity contribution in [2.75, 3.05) is 24.5 Å². The van der Waals surface area contributed by atoms with E-state index in [1.54, 1.807) is 0 Å². The van der Waals surface area contributed by atoms with Crippen LogP contribution in [0.5, 0.6) is 0 Å². The number of hydrogen-bond acceptors (Lipinski definition) is 4. The largest absolute Gasteiger partial charge is 0.393 e. The summed E-state index contributed by atoms with van der Waals surface area (Å²) in [5.41, 5.74) is 1.27. The number of rotatable bonds is 5. The molecule has 4 nitrogen and oxygen atoms in total. The van der Waals surface area contributed by atoms with E-state index >= 15 is 0 Å². The lowest BCUT2D eigenvalue weighted by Crippen LogP contribution is -2.38. The molecule has 1 aromatic rings. The molecule has 0 amide bonds. The molecular weight excluding hydrogens is 250 g/mol. The van der Waals surface area contributed by atoms with Gasteiger partial charge in [-0.3, -0.25) is 0 Å². The third-order valence-corrected chi connectivity index (χ3v) is 4.32. The number of aromatic nitrogens is 1. The minimum Gasteiger partial charge on any atom is -0.393 e. The van der Waals surface area contributed by atoms with Crippen molar-refractivity contribution in [3.63, 3.8) is 0 Å². The van der Waals surface area contributed by atoms with Crippen LogP contribution in [0.3, 0.4) is 0 Å². The Morgan fingerprint density at radius 3 is 2.70 bits per heavy atom. The molecule has 1 fully saturated rings. The Morgan fingerprint density at radius 1 is 1.40 bits per heavy atom. The molecule has 1 saturated heterocycles. The normalized spacial score (nSPS) is 19.9. The zero-order valence-electron chi connectivity index (χ0n) is 12.8. The van der Waals surface area contributed by atoms with E-state index in [2.05, 4.69) is 35.1 Å². The molecule has 112 valence electrons. The molecular formula is C16H27N3O. The van der Waals surface area contributed by atoms with Gasteiger partial charge in [-0.1, -0.05) is 13.0 Å². The third kappa shape index (κ3) is 3.49. The minimum absolute atomic E-state index is 0.193. The predicted molar refractivity (Wildman–Crippen MR) is 82.9 cm³/mol. The van der Waals surface area contributed by atoms with Crippen LogP contribution in [0, 0.1) is 5.92 Å². The first-order chi connectivity index (χ1) is 9.63. The first-order valence-corrected chi connectivity index (χ1v) is 7.74. The highest BCUT2D eigenvalue weighted by atomic mass is 16.3. The molecule has 0 aliphatic carbocycles. The number of nitrogens with zero attached hydrogens (tertiary/aromatic N) is 2. The van der Waals surface area contributed by atoms with Gasteiger partial charge in [-0.2, -0.15) is 0 Å². The van der Waals surface area contributed by atoms with Crippen LogP contribution in [-0.2, 0) is 0 Å². The van der Waals surface area contributed by atoms with Gasteiger partial charge in [-0.05, 0) is 45.2 Å². The Labute approximate surface area is 122 Å². The minimum atomic E-state index is -0.193.